The molecular weight excluding hydrogens is 366 g/mol. The number of rotatable bonds is 6. The molecule has 3 heterocycles. The van der Waals surface area contributed by atoms with Gasteiger partial charge in [0.05, 0.1) is 5.52 Å². The largest absolute Gasteiger partial charge is 0.396 e. The van der Waals surface area contributed by atoms with Crippen LogP contribution in [0.25, 0.3) is 10.9 Å². The number of nitrogens with zero attached hydrogens (tertiary/aromatic N) is 2. The molecule has 1 amide bonds. The minimum Gasteiger partial charge on any atom is -0.396 e. The molecule has 1 aromatic heterocycles. The number of aromatic nitrogens is 1. The van der Waals surface area contributed by atoms with E-state index in [4.69, 9.17) is 5.11 Å². The Morgan fingerprint density at radius 3 is 2.55 bits per heavy atom. The maximum Gasteiger partial charge on any atom is 0.264 e. The Labute approximate surface area is 171 Å². The summed E-state index contributed by atoms with van der Waals surface area (Å²) in [6.45, 7) is 5.08. The molecule has 4 rings (SSSR count). The molecule has 2 fully saturated rings. The number of piperidine rings is 1. The molecule has 156 valence electrons. The van der Waals surface area contributed by atoms with E-state index in [2.05, 4.69) is 10.2 Å². The van der Waals surface area contributed by atoms with Gasteiger partial charge in [0, 0.05) is 37.3 Å². The van der Waals surface area contributed by atoms with Crippen LogP contribution < -0.4 is 10.9 Å². The van der Waals surface area contributed by atoms with E-state index >= 15 is 0 Å². The Morgan fingerprint density at radius 1 is 1.21 bits per heavy atom. The van der Waals surface area contributed by atoms with E-state index in [1.807, 2.05) is 38.1 Å². The number of carbonyl (C=O) groups excluding carboxylic acids is 1. The van der Waals surface area contributed by atoms with Gasteiger partial charge in [-0.05, 0) is 63.5 Å². The molecule has 0 saturated carbocycles. The summed E-state index contributed by atoms with van der Waals surface area (Å²) in [6, 6.07) is 10.5. The molecule has 6 nitrogen and oxygen atoms in total. The molecule has 2 aliphatic rings. The van der Waals surface area contributed by atoms with Crippen molar-refractivity contribution in [1.82, 2.24) is 14.8 Å². The second kappa shape index (κ2) is 8.28. The van der Waals surface area contributed by atoms with Crippen LogP contribution in [-0.2, 0) is 0 Å². The molecule has 2 bridgehead atoms. The van der Waals surface area contributed by atoms with Gasteiger partial charge in [0.2, 0.25) is 0 Å². The second-order valence-electron chi connectivity index (χ2n) is 8.73. The number of para-hydroxylation sites is 1. The van der Waals surface area contributed by atoms with Crippen molar-refractivity contribution >= 4 is 16.8 Å². The monoisotopic (exact) mass is 397 g/mol. The van der Waals surface area contributed by atoms with E-state index in [1.165, 1.54) is 0 Å². The first-order valence-corrected chi connectivity index (χ1v) is 10.8. The minimum atomic E-state index is -0.261. The van der Waals surface area contributed by atoms with Crippen molar-refractivity contribution in [1.29, 1.82) is 0 Å². The lowest BCUT2D eigenvalue weighted by Crippen LogP contribution is -2.51. The standard InChI is InChI=1S/C23H31N3O3/c1-15(2)26-21-7-4-3-6-16(21)12-20(23(26)29)22(28)24-17-13-18-8-9-19(14-17)25(18)10-5-11-27/h3-4,6-7,12,15,17-19,27H,5,8-11,13-14H2,1-2H3,(H,24,28). The van der Waals surface area contributed by atoms with Gasteiger partial charge in [-0.2, -0.15) is 0 Å². The van der Waals surface area contributed by atoms with Gasteiger partial charge >= 0.3 is 0 Å². The van der Waals surface area contributed by atoms with Crippen molar-refractivity contribution in [2.75, 3.05) is 13.2 Å². The Kier molecular flexibility index (Phi) is 5.74. The van der Waals surface area contributed by atoms with E-state index in [0.717, 1.165) is 49.6 Å². The fourth-order valence-electron chi connectivity index (χ4n) is 5.23. The Bertz CT molecular complexity index is 938. The van der Waals surface area contributed by atoms with Crippen molar-refractivity contribution < 1.29 is 9.90 Å². The number of carbonyl (C=O) groups is 1. The highest BCUT2D eigenvalue weighted by atomic mass is 16.3. The van der Waals surface area contributed by atoms with Gasteiger partial charge in [-0.15, -0.1) is 0 Å². The number of aliphatic hydroxyl groups excluding tert-OH is 1. The summed E-state index contributed by atoms with van der Waals surface area (Å²) in [4.78, 5) is 28.7. The molecule has 1 aromatic carbocycles. The van der Waals surface area contributed by atoms with E-state index in [0.29, 0.717) is 12.1 Å². The van der Waals surface area contributed by atoms with Crippen LogP contribution in [0, 0.1) is 0 Å². The molecule has 2 saturated heterocycles. The van der Waals surface area contributed by atoms with Crippen LogP contribution in [0.3, 0.4) is 0 Å². The lowest BCUT2D eigenvalue weighted by molar-refractivity contribution is 0.0827. The number of pyridine rings is 1. The topological polar surface area (TPSA) is 74.6 Å². The SMILES string of the molecule is CC(C)n1c(=O)c(C(=O)NC2CC3CCC(C2)N3CCCO)cc2ccccc21. The van der Waals surface area contributed by atoms with Crippen molar-refractivity contribution in [3.05, 3.63) is 46.2 Å². The average Bonchev–Trinajstić information content (AvgIpc) is 2.93. The number of benzene rings is 1. The Balaban J connectivity index is 1.55. The van der Waals surface area contributed by atoms with Gasteiger partial charge in [-0.1, -0.05) is 18.2 Å². The van der Waals surface area contributed by atoms with Crippen LogP contribution in [0.15, 0.2) is 35.1 Å². The summed E-state index contributed by atoms with van der Waals surface area (Å²) in [5, 5.41) is 13.2. The zero-order valence-corrected chi connectivity index (χ0v) is 17.3. The molecule has 2 unspecified atom stereocenters. The van der Waals surface area contributed by atoms with Gasteiger partial charge in [0.15, 0.2) is 0 Å². The summed E-state index contributed by atoms with van der Waals surface area (Å²) in [5.41, 5.74) is 0.867. The number of hydrogen-bond acceptors (Lipinski definition) is 4. The minimum absolute atomic E-state index is 0.0224. The average molecular weight is 398 g/mol. The number of fused-ring (bicyclic) bond motifs is 3. The summed E-state index contributed by atoms with van der Waals surface area (Å²) in [5.74, 6) is -0.261. The molecule has 2 N–H and O–H groups in total. The Morgan fingerprint density at radius 2 is 1.90 bits per heavy atom. The Hall–Kier alpha value is -2.18. The first-order valence-electron chi connectivity index (χ1n) is 10.8. The molecular formula is C23H31N3O3. The van der Waals surface area contributed by atoms with Gasteiger partial charge in [0.1, 0.15) is 5.56 Å². The van der Waals surface area contributed by atoms with Crippen LogP contribution >= 0.6 is 0 Å². The summed E-state index contributed by atoms with van der Waals surface area (Å²) in [7, 11) is 0. The third-order valence-corrected chi connectivity index (χ3v) is 6.50. The molecule has 6 heteroatoms. The van der Waals surface area contributed by atoms with Gasteiger partial charge < -0.3 is 15.0 Å². The third-order valence-electron chi connectivity index (χ3n) is 6.50. The van der Waals surface area contributed by atoms with Gasteiger partial charge in [-0.25, -0.2) is 0 Å². The lowest BCUT2D eigenvalue weighted by Gasteiger charge is -2.39. The molecule has 0 radical (unpaired) electrons. The molecule has 29 heavy (non-hydrogen) atoms. The number of amides is 1. The molecule has 2 atom stereocenters. The zero-order chi connectivity index (χ0) is 20.5. The summed E-state index contributed by atoms with van der Waals surface area (Å²) >= 11 is 0. The highest BCUT2D eigenvalue weighted by molar-refractivity contribution is 5.97. The normalized spacial score (nSPS) is 24.3. The maximum atomic E-state index is 13.1. The van der Waals surface area contributed by atoms with Crippen LogP contribution in [-0.4, -0.2) is 51.8 Å². The maximum absolute atomic E-state index is 13.1. The van der Waals surface area contributed by atoms with Crippen LogP contribution in [0.4, 0.5) is 0 Å². The van der Waals surface area contributed by atoms with Crippen LogP contribution in [0.2, 0.25) is 0 Å². The second-order valence-corrected chi connectivity index (χ2v) is 8.73. The number of hydrogen-bond donors (Lipinski definition) is 2. The first kappa shape index (κ1) is 20.1. The van der Waals surface area contributed by atoms with E-state index < -0.39 is 0 Å². The van der Waals surface area contributed by atoms with Crippen LogP contribution in [0.5, 0.6) is 0 Å². The number of aliphatic hydroxyl groups is 1. The smallest absolute Gasteiger partial charge is 0.264 e. The fraction of sp³-hybridized carbons (Fsp3) is 0.565. The first-order chi connectivity index (χ1) is 14.0. The van der Waals surface area contributed by atoms with E-state index in [-0.39, 0.29) is 35.7 Å². The third kappa shape index (κ3) is 3.83. The van der Waals surface area contributed by atoms with Crippen molar-refractivity contribution in [2.45, 2.75) is 70.1 Å². The van der Waals surface area contributed by atoms with Crippen molar-refractivity contribution in [3.63, 3.8) is 0 Å². The highest BCUT2D eigenvalue weighted by Gasteiger charge is 2.40. The number of nitrogens with one attached hydrogen (secondary N) is 1. The predicted molar refractivity (Wildman–Crippen MR) is 114 cm³/mol. The summed E-state index contributed by atoms with van der Waals surface area (Å²) < 4.78 is 1.71. The van der Waals surface area contributed by atoms with Crippen LogP contribution in [0.1, 0.15) is 62.4 Å². The fourth-order valence-corrected chi connectivity index (χ4v) is 5.23. The van der Waals surface area contributed by atoms with Gasteiger partial charge in [0.25, 0.3) is 11.5 Å². The molecule has 2 aliphatic heterocycles. The van der Waals surface area contributed by atoms with Crippen molar-refractivity contribution in [2.24, 2.45) is 0 Å². The molecule has 2 aromatic rings. The van der Waals surface area contributed by atoms with Gasteiger partial charge in [-0.3, -0.25) is 14.5 Å². The quantitative estimate of drug-likeness (QED) is 0.786. The van der Waals surface area contributed by atoms with E-state index in [1.54, 1.807) is 10.6 Å². The zero-order valence-electron chi connectivity index (χ0n) is 17.3. The molecule has 0 aliphatic carbocycles. The highest BCUT2D eigenvalue weighted by Crippen LogP contribution is 2.35. The summed E-state index contributed by atoms with van der Waals surface area (Å²) in [6.07, 6.45) is 4.94. The van der Waals surface area contributed by atoms with Crippen molar-refractivity contribution in [3.8, 4) is 0 Å². The molecule has 0 spiro atoms. The lowest BCUT2D eigenvalue weighted by atomic mass is 9.96. The predicted octanol–water partition coefficient (Wildman–Crippen LogP) is 2.69. The van der Waals surface area contributed by atoms with E-state index in [9.17, 15) is 9.59 Å².